The van der Waals surface area contributed by atoms with Crippen molar-refractivity contribution in [3.05, 3.63) is 41.2 Å². The van der Waals surface area contributed by atoms with Gasteiger partial charge in [0, 0.05) is 31.3 Å². The molecule has 5 heteroatoms. The monoisotopic (exact) mass is 293 g/mol. The zero-order chi connectivity index (χ0) is 15.4. The summed E-state index contributed by atoms with van der Waals surface area (Å²) < 4.78 is 19.3. The standard InChI is InChI=1S/C16H20FNO3/c1-11-8-18(9-12(2)21-11)10-13-3-5-15(17)14(7-13)4-6-16(19)20/h3-7,11-12H,8-10H2,1-2H3,(H,19,20). The van der Waals surface area contributed by atoms with Crippen LogP contribution in [0.3, 0.4) is 0 Å². The van der Waals surface area contributed by atoms with Gasteiger partial charge in [-0.1, -0.05) is 6.07 Å². The van der Waals surface area contributed by atoms with Gasteiger partial charge in [0.2, 0.25) is 0 Å². The molecule has 1 aliphatic rings. The molecule has 0 saturated carbocycles. The van der Waals surface area contributed by atoms with Crippen molar-refractivity contribution in [1.29, 1.82) is 0 Å². The van der Waals surface area contributed by atoms with Crippen LogP contribution in [0.15, 0.2) is 24.3 Å². The summed E-state index contributed by atoms with van der Waals surface area (Å²) in [5.41, 5.74) is 1.26. The zero-order valence-corrected chi connectivity index (χ0v) is 12.3. The number of carboxylic acids is 1. The van der Waals surface area contributed by atoms with E-state index in [1.54, 1.807) is 12.1 Å². The summed E-state index contributed by atoms with van der Waals surface area (Å²) in [6.07, 6.45) is 2.59. The van der Waals surface area contributed by atoms with Crippen LogP contribution in [0.2, 0.25) is 0 Å². The minimum absolute atomic E-state index is 0.181. The summed E-state index contributed by atoms with van der Waals surface area (Å²) in [7, 11) is 0. The molecule has 1 fully saturated rings. The lowest BCUT2D eigenvalue weighted by Gasteiger charge is -2.35. The van der Waals surface area contributed by atoms with Crippen molar-refractivity contribution < 1.29 is 19.0 Å². The van der Waals surface area contributed by atoms with Crippen LogP contribution >= 0.6 is 0 Å². The average molecular weight is 293 g/mol. The molecular weight excluding hydrogens is 273 g/mol. The van der Waals surface area contributed by atoms with E-state index in [0.717, 1.165) is 24.7 Å². The topological polar surface area (TPSA) is 49.8 Å². The van der Waals surface area contributed by atoms with Crippen LogP contribution in [0, 0.1) is 5.82 Å². The molecule has 0 aliphatic carbocycles. The third kappa shape index (κ3) is 4.65. The van der Waals surface area contributed by atoms with E-state index in [4.69, 9.17) is 9.84 Å². The Hall–Kier alpha value is -1.72. The van der Waals surface area contributed by atoms with Crippen molar-refractivity contribution in [2.45, 2.75) is 32.6 Å². The van der Waals surface area contributed by atoms with Crippen molar-refractivity contribution in [2.75, 3.05) is 13.1 Å². The highest BCUT2D eigenvalue weighted by Crippen LogP contribution is 2.17. The van der Waals surface area contributed by atoms with Crippen LogP contribution in [0.1, 0.15) is 25.0 Å². The maximum absolute atomic E-state index is 13.6. The third-order valence-corrected chi connectivity index (χ3v) is 3.37. The van der Waals surface area contributed by atoms with Gasteiger partial charge < -0.3 is 9.84 Å². The van der Waals surface area contributed by atoms with Gasteiger partial charge in [-0.3, -0.25) is 4.90 Å². The molecule has 1 aromatic rings. The van der Waals surface area contributed by atoms with Crippen molar-refractivity contribution in [3.8, 4) is 0 Å². The zero-order valence-electron chi connectivity index (χ0n) is 12.3. The number of morpholine rings is 1. The number of ether oxygens (including phenoxy) is 1. The molecule has 2 unspecified atom stereocenters. The van der Waals surface area contributed by atoms with E-state index < -0.39 is 11.8 Å². The molecule has 0 bridgehead atoms. The summed E-state index contributed by atoms with van der Waals surface area (Å²) in [5.74, 6) is -1.50. The smallest absolute Gasteiger partial charge is 0.328 e. The number of carbonyl (C=O) groups is 1. The Balaban J connectivity index is 2.10. The molecule has 2 atom stereocenters. The normalized spacial score (nSPS) is 23.6. The van der Waals surface area contributed by atoms with Gasteiger partial charge in [-0.25, -0.2) is 9.18 Å². The number of hydrogen-bond donors (Lipinski definition) is 1. The predicted molar refractivity (Wildman–Crippen MR) is 78.4 cm³/mol. The Kier molecular flexibility index (Phi) is 5.09. The van der Waals surface area contributed by atoms with Gasteiger partial charge in [0.15, 0.2) is 0 Å². The molecule has 0 aromatic heterocycles. The first-order valence-corrected chi connectivity index (χ1v) is 7.01. The highest BCUT2D eigenvalue weighted by atomic mass is 19.1. The fourth-order valence-corrected chi connectivity index (χ4v) is 2.65. The quantitative estimate of drug-likeness (QED) is 0.867. The lowest BCUT2D eigenvalue weighted by Crippen LogP contribution is -2.44. The van der Waals surface area contributed by atoms with Crippen LogP contribution in [0.5, 0.6) is 0 Å². The fourth-order valence-electron chi connectivity index (χ4n) is 2.65. The van der Waals surface area contributed by atoms with Gasteiger partial charge in [-0.05, 0) is 37.6 Å². The van der Waals surface area contributed by atoms with Gasteiger partial charge in [0.05, 0.1) is 12.2 Å². The number of carboxylic acid groups (broad SMARTS) is 1. The Bertz CT molecular complexity index is 534. The first-order valence-electron chi connectivity index (χ1n) is 7.01. The molecular formula is C16H20FNO3. The van der Waals surface area contributed by atoms with Crippen molar-refractivity contribution >= 4 is 12.0 Å². The molecule has 0 radical (unpaired) electrons. The Labute approximate surface area is 123 Å². The van der Waals surface area contributed by atoms with Gasteiger partial charge >= 0.3 is 5.97 Å². The Morgan fingerprint density at radius 2 is 2.10 bits per heavy atom. The van der Waals surface area contributed by atoms with Gasteiger partial charge in [0.25, 0.3) is 0 Å². The highest BCUT2D eigenvalue weighted by molar-refractivity contribution is 5.85. The number of aliphatic carboxylic acids is 1. The first-order chi connectivity index (χ1) is 9.94. The lowest BCUT2D eigenvalue weighted by atomic mass is 10.1. The molecule has 1 N–H and O–H groups in total. The lowest BCUT2D eigenvalue weighted by molar-refractivity contribution is -0.131. The number of rotatable bonds is 4. The molecule has 0 amide bonds. The first kappa shape index (κ1) is 15.7. The second-order valence-electron chi connectivity index (χ2n) is 5.48. The molecule has 4 nitrogen and oxygen atoms in total. The molecule has 2 rings (SSSR count). The van der Waals surface area contributed by atoms with E-state index in [-0.39, 0.29) is 12.2 Å². The largest absolute Gasteiger partial charge is 0.478 e. The van der Waals surface area contributed by atoms with Crippen LogP contribution in [0.4, 0.5) is 4.39 Å². The molecule has 0 spiro atoms. The average Bonchev–Trinajstić information content (AvgIpc) is 2.38. The summed E-state index contributed by atoms with van der Waals surface area (Å²) >= 11 is 0. The summed E-state index contributed by atoms with van der Waals surface area (Å²) in [6, 6.07) is 4.81. The van der Waals surface area contributed by atoms with E-state index in [9.17, 15) is 9.18 Å². The maximum atomic E-state index is 13.6. The van der Waals surface area contributed by atoms with Crippen molar-refractivity contribution in [2.24, 2.45) is 0 Å². The number of nitrogens with zero attached hydrogens (tertiary/aromatic N) is 1. The van der Waals surface area contributed by atoms with E-state index in [2.05, 4.69) is 4.90 Å². The maximum Gasteiger partial charge on any atom is 0.328 e. The number of hydrogen-bond acceptors (Lipinski definition) is 3. The van der Waals surface area contributed by atoms with Crippen LogP contribution in [0.25, 0.3) is 6.08 Å². The Morgan fingerprint density at radius 3 is 2.71 bits per heavy atom. The molecule has 1 saturated heterocycles. The van der Waals surface area contributed by atoms with E-state index in [0.29, 0.717) is 12.1 Å². The summed E-state index contributed by atoms with van der Waals surface area (Å²) in [6.45, 7) is 6.44. The van der Waals surface area contributed by atoms with Gasteiger partial charge in [-0.2, -0.15) is 0 Å². The number of halogens is 1. The molecule has 21 heavy (non-hydrogen) atoms. The van der Waals surface area contributed by atoms with Crippen molar-refractivity contribution in [3.63, 3.8) is 0 Å². The molecule has 114 valence electrons. The summed E-state index contributed by atoms with van der Waals surface area (Å²) in [4.78, 5) is 12.8. The number of benzene rings is 1. The molecule has 1 heterocycles. The minimum atomic E-state index is -1.09. The van der Waals surface area contributed by atoms with E-state index >= 15 is 0 Å². The van der Waals surface area contributed by atoms with Gasteiger partial charge in [-0.15, -0.1) is 0 Å². The fraction of sp³-hybridized carbons (Fsp3) is 0.438. The van der Waals surface area contributed by atoms with Crippen LogP contribution < -0.4 is 0 Å². The van der Waals surface area contributed by atoms with Crippen molar-refractivity contribution in [1.82, 2.24) is 4.90 Å². The van der Waals surface area contributed by atoms with Crippen LogP contribution in [-0.2, 0) is 16.1 Å². The SMILES string of the molecule is CC1CN(Cc2ccc(F)c(C=CC(=O)O)c2)CC(C)O1. The second-order valence-corrected chi connectivity index (χ2v) is 5.48. The van der Waals surface area contributed by atoms with Crippen LogP contribution in [-0.4, -0.2) is 41.3 Å². The molecule has 1 aliphatic heterocycles. The highest BCUT2D eigenvalue weighted by Gasteiger charge is 2.22. The Morgan fingerprint density at radius 1 is 1.43 bits per heavy atom. The third-order valence-electron chi connectivity index (χ3n) is 3.37. The molecule has 1 aromatic carbocycles. The van der Waals surface area contributed by atoms with E-state index in [1.165, 1.54) is 12.1 Å². The van der Waals surface area contributed by atoms with Gasteiger partial charge in [0.1, 0.15) is 5.82 Å². The minimum Gasteiger partial charge on any atom is -0.478 e. The second kappa shape index (κ2) is 6.83. The predicted octanol–water partition coefficient (Wildman–Crippen LogP) is 2.53. The summed E-state index contributed by atoms with van der Waals surface area (Å²) in [5, 5.41) is 8.62. The van der Waals surface area contributed by atoms with E-state index in [1.807, 2.05) is 13.8 Å².